The summed E-state index contributed by atoms with van der Waals surface area (Å²) in [7, 11) is 1.77. The molecule has 0 spiro atoms. The number of hydrogen-bond acceptors (Lipinski definition) is 3. The van der Waals surface area contributed by atoms with Crippen molar-refractivity contribution < 1.29 is 14.7 Å². The highest BCUT2D eigenvalue weighted by atomic mass is 16.3. The van der Waals surface area contributed by atoms with Gasteiger partial charge in [0.1, 0.15) is 0 Å². The van der Waals surface area contributed by atoms with E-state index >= 15 is 0 Å². The lowest BCUT2D eigenvalue weighted by Crippen LogP contribution is -2.46. The van der Waals surface area contributed by atoms with Gasteiger partial charge >= 0.3 is 6.03 Å². The highest BCUT2D eigenvalue weighted by Crippen LogP contribution is 2.15. The van der Waals surface area contributed by atoms with Crippen LogP contribution in [-0.4, -0.2) is 60.1 Å². The van der Waals surface area contributed by atoms with E-state index in [2.05, 4.69) is 5.32 Å². The molecule has 0 aromatic heterocycles. The van der Waals surface area contributed by atoms with E-state index in [1.165, 1.54) is 0 Å². The maximum absolute atomic E-state index is 12.1. The number of likely N-dealkylation sites (tertiary alicyclic amines) is 1. The van der Waals surface area contributed by atoms with Crippen LogP contribution >= 0.6 is 0 Å². The molecule has 1 fully saturated rings. The summed E-state index contributed by atoms with van der Waals surface area (Å²) in [6.07, 6.45) is 2.16. The Hall–Kier alpha value is -2.08. The van der Waals surface area contributed by atoms with Gasteiger partial charge in [-0.15, -0.1) is 0 Å². The van der Waals surface area contributed by atoms with Crippen LogP contribution in [-0.2, 0) is 11.3 Å². The molecule has 6 heteroatoms. The van der Waals surface area contributed by atoms with Gasteiger partial charge in [0.05, 0.1) is 0 Å². The standard InChI is InChI=1S/C18H27N3O3/c1-20(12-15-6-3-2-4-7-15)17(23)9-10-19-18(24)21-11-5-8-16(13-21)14-22/h2-4,6-7,16,22H,5,8-14H2,1H3,(H,19,24)/t16-/m0/s1. The Balaban J connectivity index is 1.69. The van der Waals surface area contributed by atoms with Gasteiger partial charge in [-0.2, -0.15) is 0 Å². The maximum Gasteiger partial charge on any atom is 0.317 e. The third-order valence-corrected chi connectivity index (χ3v) is 4.37. The minimum absolute atomic E-state index is 0.00559. The van der Waals surface area contributed by atoms with Crippen LogP contribution in [0.2, 0.25) is 0 Å². The maximum atomic E-state index is 12.1. The van der Waals surface area contributed by atoms with Gasteiger partial charge < -0.3 is 20.2 Å². The fraction of sp³-hybridized carbons (Fsp3) is 0.556. The summed E-state index contributed by atoms with van der Waals surface area (Å²) in [5.74, 6) is 0.175. The van der Waals surface area contributed by atoms with Crippen molar-refractivity contribution >= 4 is 11.9 Å². The average molecular weight is 333 g/mol. The molecule has 0 bridgehead atoms. The first-order valence-electron chi connectivity index (χ1n) is 8.51. The summed E-state index contributed by atoms with van der Waals surface area (Å²) in [6.45, 7) is 2.32. The third-order valence-electron chi connectivity index (χ3n) is 4.37. The zero-order chi connectivity index (χ0) is 17.4. The van der Waals surface area contributed by atoms with Gasteiger partial charge in [0, 0.05) is 46.3 Å². The molecule has 6 nitrogen and oxygen atoms in total. The van der Waals surface area contributed by atoms with Crippen LogP contribution in [0, 0.1) is 5.92 Å². The lowest BCUT2D eigenvalue weighted by Gasteiger charge is -2.31. The summed E-state index contributed by atoms with van der Waals surface area (Å²) in [5.41, 5.74) is 1.08. The number of nitrogens with one attached hydrogen (secondary N) is 1. The largest absolute Gasteiger partial charge is 0.396 e. The molecule has 0 radical (unpaired) electrons. The first-order chi connectivity index (χ1) is 11.6. The monoisotopic (exact) mass is 333 g/mol. The van der Waals surface area contributed by atoms with Crippen molar-refractivity contribution in [3.05, 3.63) is 35.9 Å². The van der Waals surface area contributed by atoms with Crippen LogP contribution in [0.4, 0.5) is 4.79 Å². The number of rotatable bonds is 6. The zero-order valence-corrected chi connectivity index (χ0v) is 14.3. The van der Waals surface area contributed by atoms with Crippen molar-refractivity contribution in [1.82, 2.24) is 15.1 Å². The molecule has 0 saturated carbocycles. The number of piperidine rings is 1. The second-order valence-electron chi connectivity index (χ2n) is 6.35. The van der Waals surface area contributed by atoms with Crippen molar-refractivity contribution in [2.24, 2.45) is 5.92 Å². The van der Waals surface area contributed by atoms with Crippen LogP contribution in [0.5, 0.6) is 0 Å². The average Bonchev–Trinajstić information content (AvgIpc) is 2.62. The van der Waals surface area contributed by atoms with Crippen LogP contribution in [0.3, 0.4) is 0 Å². The molecular weight excluding hydrogens is 306 g/mol. The van der Waals surface area contributed by atoms with Crippen LogP contribution in [0.1, 0.15) is 24.8 Å². The van der Waals surface area contributed by atoms with E-state index in [0.717, 1.165) is 18.4 Å². The molecule has 2 N–H and O–H groups in total. The minimum Gasteiger partial charge on any atom is -0.396 e. The number of amides is 3. The Morgan fingerprint density at radius 3 is 2.79 bits per heavy atom. The second kappa shape index (κ2) is 9.27. The lowest BCUT2D eigenvalue weighted by atomic mass is 9.99. The number of aliphatic hydroxyl groups excluding tert-OH is 1. The minimum atomic E-state index is -0.147. The third kappa shape index (κ3) is 5.53. The summed E-state index contributed by atoms with van der Waals surface area (Å²) in [4.78, 5) is 27.6. The molecule has 2 rings (SSSR count). The topological polar surface area (TPSA) is 72.9 Å². The molecule has 132 valence electrons. The van der Waals surface area contributed by atoms with Crippen LogP contribution in [0.15, 0.2) is 30.3 Å². The van der Waals surface area contributed by atoms with Gasteiger partial charge in [0.2, 0.25) is 5.91 Å². The fourth-order valence-corrected chi connectivity index (χ4v) is 2.92. The SMILES string of the molecule is CN(Cc1ccccc1)C(=O)CCNC(=O)N1CCC[C@H](CO)C1. The number of carbonyl (C=O) groups excluding carboxylic acids is 2. The van der Waals surface area contributed by atoms with Crippen LogP contribution < -0.4 is 5.32 Å². The van der Waals surface area contributed by atoms with Crippen LogP contribution in [0.25, 0.3) is 0 Å². The molecule has 1 aliphatic heterocycles. The van der Waals surface area contributed by atoms with Gasteiger partial charge in [-0.1, -0.05) is 30.3 Å². The molecule has 0 unspecified atom stereocenters. The Kier molecular flexibility index (Phi) is 7.06. The van der Waals surface area contributed by atoms with Gasteiger partial charge in [0.25, 0.3) is 0 Å². The van der Waals surface area contributed by atoms with Crippen molar-refractivity contribution in [3.8, 4) is 0 Å². The first kappa shape index (κ1) is 18.3. The lowest BCUT2D eigenvalue weighted by molar-refractivity contribution is -0.130. The van der Waals surface area contributed by atoms with Crippen molar-refractivity contribution in [3.63, 3.8) is 0 Å². The predicted molar refractivity (Wildman–Crippen MR) is 92.3 cm³/mol. The molecule has 1 aliphatic rings. The van der Waals surface area contributed by atoms with Gasteiger partial charge in [-0.05, 0) is 24.3 Å². The molecule has 1 aromatic carbocycles. The normalized spacial score (nSPS) is 17.4. The van der Waals surface area contributed by atoms with E-state index in [0.29, 0.717) is 26.2 Å². The first-order valence-corrected chi connectivity index (χ1v) is 8.51. The summed E-state index contributed by atoms with van der Waals surface area (Å²) >= 11 is 0. The number of carbonyl (C=O) groups is 2. The van der Waals surface area contributed by atoms with Crippen molar-refractivity contribution in [2.75, 3.05) is 33.3 Å². The van der Waals surface area contributed by atoms with E-state index in [1.54, 1.807) is 16.8 Å². The predicted octanol–water partition coefficient (Wildman–Crippen LogP) is 1.45. The summed E-state index contributed by atoms with van der Waals surface area (Å²) in [6, 6.07) is 9.67. The van der Waals surface area contributed by atoms with Crippen molar-refractivity contribution in [2.45, 2.75) is 25.8 Å². The summed E-state index contributed by atoms with van der Waals surface area (Å²) < 4.78 is 0. The van der Waals surface area contributed by atoms with E-state index < -0.39 is 0 Å². The van der Waals surface area contributed by atoms with E-state index in [4.69, 9.17) is 0 Å². The molecule has 1 saturated heterocycles. The number of nitrogens with zero attached hydrogens (tertiary/aromatic N) is 2. The Morgan fingerprint density at radius 1 is 1.33 bits per heavy atom. The molecule has 24 heavy (non-hydrogen) atoms. The number of benzene rings is 1. The number of hydrogen-bond donors (Lipinski definition) is 2. The van der Waals surface area contributed by atoms with E-state index in [9.17, 15) is 14.7 Å². The smallest absolute Gasteiger partial charge is 0.317 e. The van der Waals surface area contributed by atoms with Gasteiger partial charge in [-0.25, -0.2) is 4.79 Å². The number of urea groups is 1. The molecule has 1 heterocycles. The Morgan fingerprint density at radius 2 is 2.08 bits per heavy atom. The molecule has 1 atom stereocenters. The van der Waals surface area contributed by atoms with Gasteiger partial charge in [-0.3, -0.25) is 4.79 Å². The Labute approximate surface area is 143 Å². The fourth-order valence-electron chi connectivity index (χ4n) is 2.92. The summed E-state index contributed by atoms with van der Waals surface area (Å²) in [5, 5.41) is 12.0. The van der Waals surface area contributed by atoms with Crippen molar-refractivity contribution in [1.29, 1.82) is 0 Å². The highest BCUT2D eigenvalue weighted by Gasteiger charge is 2.23. The number of aliphatic hydroxyl groups is 1. The Bertz CT molecular complexity index is 536. The quantitative estimate of drug-likeness (QED) is 0.827. The molecule has 0 aliphatic carbocycles. The van der Waals surface area contributed by atoms with Gasteiger partial charge in [0.15, 0.2) is 0 Å². The van der Waals surface area contributed by atoms with E-state index in [1.807, 2.05) is 30.3 Å². The molecular formula is C18H27N3O3. The molecule has 1 aromatic rings. The zero-order valence-electron chi connectivity index (χ0n) is 14.3. The molecule has 3 amide bonds. The second-order valence-corrected chi connectivity index (χ2v) is 6.35. The highest BCUT2D eigenvalue weighted by molar-refractivity contribution is 5.78. The van der Waals surface area contributed by atoms with E-state index in [-0.39, 0.29) is 30.9 Å².